The van der Waals surface area contributed by atoms with E-state index in [0.717, 1.165) is 0 Å². The van der Waals surface area contributed by atoms with Gasteiger partial charge in [0.05, 0.1) is 23.1 Å². The zero-order valence-corrected chi connectivity index (χ0v) is 21.3. The normalized spacial score (nSPS) is 10.8. The number of carbonyl (C=O) groups is 1. The third-order valence-corrected chi connectivity index (χ3v) is 6.43. The average molecular weight is 566 g/mol. The second-order valence-corrected chi connectivity index (χ2v) is 9.51. The first kappa shape index (κ1) is 25.3. The molecule has 1 aromatic heterocycles. The summed E-state index contributed by atoms with van der Waals surface area (Å²) in [6.07, 6.45) is 1.19. The number of anilines is 2. The molecule has 0 spiro atoms. The molecule has 3 rings (SSSR count). The Morgan fingerprint density at radius 3 is 2.50 bits per heavy atom. The van der Waals surface area contributed by atoms with E-state index in [1.54, 1.807) is 18.2 Å². The molecule has 0 atom stereocenters. The fraction of sp³-hybridized carbons (Fsp3) is 0.143. The van der Waals surface area contributed by atoms with Crippen molar-refractivity contribution in [2.45, 2.75) is 11.8 Å². The van der Waals surface area contributed by atoms with Crippen molar-refractivity contribution in [2.24, 2.45) is 0 Å². The van der Waals surface area contributed by atoms with Crippen molar-refractivity contribution in [3.05, 3.63) is 64.9 Å². The van der Waals surface area contributed by atoms with Crippen LogP contribution in [0, 0.1) is 0 Å². The molecular weight excluding hydrogens is 546 g/mol. The molecule has 1 amide bonds. The van der Waals surface area contributed by atoms with Crippen molar-refractivity contribution in [2.75, 3.05) is 23.8 Å². The molecule has 2 aromatic carbocycles. The number of aromatic nitrogens is 2. The van der Waals surface area contributed by atoms with E-state index in [0.29, 0.717) is 28.1 Å². The largest absolute Gasteiger partial charge is 0.493 e. The van der Waals surface area contributed by atoms with Crippen LogP contribution in [-0.4, -0.2) is 43.1 Å². The van der Waals surface area contributed by atoms with Crippen LogP contribution >= 0.6 is 28.1 Å². The highest BCUT2D eigenvalue weighted by Crippen LogP contribution is 2.26. The Hall–Kier alpha value is -3.29. The van der Waals surface area contributed by atoms with Crippen LogP contribution in [0.3, 0.4) is 0 Å². The number of hydrogen-bond donors (Lipinski definition) is 3. The molecule has 0 aliphatic rings. The van der Waals surface area contributed by atoms with E-state index in [9.17, 15) is 13.2 Å². The first-order valence-electron chi connectivity index (χ1n) is 9.75. The van der Waals surface area contributed by atoms with Crippen LogP contribution in [0.25, 0.3) is 0 Å². The maximum Gasteiger partial charge on any atom is 0.263 e. The van der Waals surface area contributed by atoms with Crippen molar-refractivity contribution in [3.63, 3.8) is 0 Å². The Kier molecular flexibility index (Phi) is 8.36. The van der Waals surface area contributed by atoms with Gasteiger partial charge in [-0.05, 0) is 77.5 Å². The fourth-order valence-electron chi connectivity index (χ4n) is 2.67. The Bertz CT molecular complexity index is 1300. The van der Waals surface area contributed by atoms with E-state index in [1.807, 2.05) is 6.92 Å². The molecule has 13 heteroatoms. The molecule has 178 valence electrons. The van der Waals surface area contributed by atoms with Gasteiger partial charge < -0.3 is 14.8 Å². The van der Waals surface area contributed by atoms with Crippen LogP contribution in [0.4, 0.5) is 11.5 Å². The van der Waals surface area contributed by atoms with Gasteiger partial charge in [0.2, 0.25) is 5.88 Å². The number of methoxy groups -OCH3 is 1. The van der Waals surface area contributed by atoms with Crippen molar-refractivity contribution in [1.82, 2.24) is 15.3 Å². The van der Waals surface area contributed by atoms with E-state index in [1.165, 1.54) is 43.8 Å². The number of carbonyl (C=O) groups excluding carboxylic acids is 1. The van der Waals surface area contributed by atoms with Crippen molar-refractivity contribution >= 4 is 60.7 Å². The fourth-order valence-corrected chi connectivity index (χ4v) is 4.38. The molecule has 34 heavy (non-hydrogen) atoms. The molecule has 0 radical (unpaired) electrons. The summed E-state index contributed by atoms with van der Waals surface area (Å²) in [5.41, 5.74) is 0.870. The van der Waals surface area contributed by atoms with Crippen LogP contribution in [-0.2, 0) is 10.0 Å². The second-order valence-electron chi connectivity index (χ2n) is 6.56. The zero-order chi connectivity index (χ0) is 24.7. The summed E-state index contributed by atoms with van der Waals surface area (Å²) in [6, 6.07) is 12.1. The lowest BCUT2D eigenvalue weighted by Crippen LogP contribution is -2.34. The molecule has 0 unspecified atom stereocenters. The lowest BCUT2D eigenvalue weighted by atomic mass is 10.2. The quantitative estimate of drug-likeness (QED) is 0.350. The van der Waals surface area contributed by atoms with Crippen molar-refractivity contribution in [3.8, 4) is 11.6 Å². The molecule has 0 bridgehead atoms. The van der Waals surface area contributed by atoms with E-state index >= 15 is 0 Å². The number of amides is 1. The molecule has 0 fully saturated rings. The number of rotatable bonds is 8. The Balaban J connectivity index is 1.62. The molecule has 3 aromatic rings. The van der Waals surface area contributed by atoms with E-state index < -0.39 is 15.9 Å². The number of ether oxygens (including phenoxy) is 2. The lowest BCUT2D eigenvalue weighted by Gasteiger charge is -2.12. The first-order chi connectivity index (χ1) is 16.2. The summed E-state index contributed by atoms with van der Waals surface area (Å²) < 4.78 is 38.6. The van der Waals surface area contributed by atoms with Gasteiger partial charge in [-0.15, -0.1) is 0 Å². The molecule has 0 aliphatic heterocycles. The lowest BCUT2D eigenvalue weighted by molar-refractivity contribution is 0.0977. The van der Waals surface area contributed by atoms with Crippen molar-refractivity contribution < 1.29 is 22.7 Å². The second kappa shape index (κ2) is 11.2. The Morgan fingerprint density at radius 2 is 1.85 bits per heavy atom. The number of nitrogens with zero attached hydrogens (tertiary/aromatic N) is 2. The van der Waals surface area contributed by atoms with Gasteiger partial charge in [-0.25, -0.2) is 18.4 Å². The average Bonchev–Trinajstić information content (AvgIpc) is 2.80. The third-order valence-electron chi connectivity index (χ3n) is 4.23. The van der Waals surface area contributed by atoms with E-state index in [-0.39, 0.29) is 21.7 Å². The van der Waals surface area contributed by atoms with Gasteiger partial charge in [-0.3, -0.25) is 14.8 Å². The van der Waals surface area contributed by atoms with Crippen molar-refractivity contribution in [1.29, 1.82) is 0 Å². The molecule has 1 heterocycles. The Morgan fingerprint density at radius 1 is 1.12 bits per heavy atom. The predicted molar refractivity (Wildman–Crippen MR) is 135 cm³/mol. The topological polar surface area (TPSA) is 132 Å². The number of nitrogens with one attached hydrogen (secondary N) is 3. The van der Waals surface area contributed by atoms with Crippen LogP contribution < -0.4 is 24.8 Å². The summed E-state index contributed by atoms with van der Waals surface area (Å²) in [7, 11) is -2.48. The zero-order valence-electron chi connectivity index (χ0n) is 18.0. The number of hydrogen-bond acceptors (Lipinski definition) is 8. The number of sulfonamides is 1. The summed E-state index contributed by atoms with van der Waals surface area (Å²) in [6.45, 7) is 2.37. The van der Waals surface area contributed by atoms with Crippen LogP contribution in [0.2, 0.25) is 0 Å². The molecule has 0 aliphatic carbocycles. The van der Waals surface area contributed by atoms with Gasteiger partial charge in [0.15, 0.2) is 5.11 Å². The van der Waals surface area contributed by atoms with Gasteiger partial charge in [0.25, 0.3) is 15.9 Å². The minimum Gasteiger partial charge on any atom is -0.493 e. The maximum absolute atomic E-state index is 12.6. The molecule has 10 nitrogen and oxygen atoms in total. The van der Waals surface area contributed by atoms with E-state index in [4.69, 9.17) is 21.7 Å². The maximum atomic E-state index is 12.6. The highest BCUT2D eigenvalue weighted by atomic mass is 79.9. The molecule has 0 saturated heterocycles. The predicted octanol–water partition coefficient (Wildman–Crippen LogP) is 3.57. The SMILES string of the molecule is CCOc1ccc(C(=O)NC(=S)Nc2ccc(S(=O)(=O)Nc3cc(OC)ncn3)cc2)cc1Br. The smallest absolute Gasteiger partial charge is 0.263 e. The van der Waals surface area contributed by atoms with Crippen LogP contribution in [0.15, 0.2) is 64.2 Å². The molecular formula is C21H20BrN5O5S2. The van der Waals surface area contributed by atoms with Crippen LogP contribution in [0.5, 0.6) is 11.6 Å². The van der Waals surface area contributed by atoms with Gasteiger partial charge in [-0.1, -0.05) is 0 Å². The third kappa shape index (κ3) is 6.62. The number of thiocarbonyl (C=S) groups is 1. The van der Waals surface area contributed by atoms with Gasteiger partial charge in [0, 0.05) is 17.3 Å². The summed E-state index contributed by atoms with van der Waals surface area (Å²) in [4.78, 5) is 20.2. The van der Waals surface area contributed by atoms with E-state index in [2.05, 4.69) is 41.3 Å². The molecule has 0 saturated carbocycles. The van der Waals surface area contributed by atoms with Crippen LogP contribution in [0.1, 0.15) is 17.3 Å². The minimum absolute atomic E-state index is 0.00446. The van der Waals surface area contributed by atoms with Gasteiger partial charge >= 0.3 is 0 Å². The van der Waals surface area contributed by atoms with Gasteiger partial charge in [-0.2, -0.15) is 0 Å². The highest BCUT2D eigenvalue weighted by Gasteiger charge is 2.16. The summed E-state index contributed by atoms with van der Waals surface area (Å²) in [5.74, 6) is 0.507. The Labute approximate surface area is 210 Å². The summed E-state index contributed by atoms with van der Waals surface area (Å²) in [5, 5.41) is 5.47. The number of halogens is 1. The number of benzene rings is 2. The molecule has 3 N–H and O–H groups in total. The minimum atomic E-state index is -3.89. The standard InChI is InChI=1S/C21H20BrN5O5S2/c1-3-32-17-9-4-13(10-16(17)22)20(28)26-21(33)25-14-5-7-15(8-6-14)34(29,30)27-18-11-19(31-2)24-12-23-18/h4-12H,3H2,1-2H3,(H,23,24,27)(H2,25,26,28,33). The first-order valence-corrected chi connectivity index (χ1v) is 12.4. The highest BCUT2D eigenvalue weighted by molar-refractivity contribution is 9.10. The monoisotopic (exact) mass is 565 g/mol. The summed E-state index contributed by atoms with van der Waals surface area (Å²) >= 11 is 8.56. The van der Waals surface area contributed by atoms with Gasteiger partial charge in [0.1, 0.15) is 17.9 Å².